The zero-order valence-electron chi connectivity index (χ0n) is 15.4. The largest absolute Gasteiger partial charge is 0.495 e. The normalized spacial score (nSPS) is 16.0. The Morgan fingerprint density at radius 1 is 0.654 bits per heavy atom. The maximum atomic E-state index is 5.96. The van der Waals surface area contributed by atoms with E-state index in [-0.39, 0.29) is 0 Å². The minimum Gasteiger partial charge on any atom is -0.495 e. The molecule has 0 aliphatic heterocycles. The lowest BCUT2D eigenvalue weighted by Gasteiger charge is -2.28. The van der Waals surface area contributed by atoms with Gasteiger partial charge in [-0.2, -0.15) is 0 Å². The van der Waals surface area contributed by atoms with Crippen molar-refractivity contribution in [3.63, 3.8) is 0 Å². The third kappa shape index (κ3) is 3.15. The summed E-state index contributed by atoms with van der Waals surface area (Å²) < 4.78 is 14.4. The summed E-state index contributed by atoms with van der Waals surface area (Å²) in [5.74, 6) is 2.05. The Balaban J connectivity index is 2.10. The summed E-state index contributed by atoms with van der Waals surface area (Å²) in [6, 6.07) is 4.68. The van der Waals surface area contributed by atoms with E-state index in [1.165, 1.54) is 79.0 Å². The third-order valence-corrected chi connectivity index (χ3v) is 7.38. The molecular weight excluding hydrogens is 550 g/mol. The molecule has 2 aliphatic carbocycles. The summed E-state index contributed by atoms with van der Waals surface area (Å²) in [7, 11) is 3.62. The molecule has 4 heteroatoms. The molecule has 0 saturated heterocycles. The SMILES string of the molecule is COc1c(I)cc2c(c1-c1c3c(cc(I)c1OC)CCCC3)CCCC2. The van der Waals surface area contributed by atoms with Crippen LogP contribution in [0.3, 0.4) is 0 Å². The van der Waals surface area contributed by atoms with Gasteiger partial charge in [0.1, 0.15) is 11.5 Å². The molecule has 0 heterocycles. The molecule has 2 aliphatic rings. The monoisotopic (exact) mass is 574 g/mol. The Morgan fingerprint density at radius 3 is 1.42 bits per heavy atom. The van der Waals surface area contributed by atoms with Gasteiger partial charge in [-0.05, 0) is 131 Å². The van der Waals surface area contributed by atoms with Crippen LogP contribution in [0, 0.1) is 7.14 Å². The van der Waals surface area contributed by atoms with Crippen molar-refractivity contribution in [3.05, 3.63) is 41.5 Å². The lowest BCUT2D eigenvalue weighted by molar-refractivity contribution is 0.405. The minimum absolute atomic E-state index is 1.03. The van der Waals surface area contributed by atoms with Crippen molar-refractivity contribution in [2.75, 3.05) is 14.2 Å². The molecular formula is C22H24I2O2. The van der Waals surface area contributed by atoms with Crippen molar-refractivity contribution in [3.8, 4) is 22.6 Å². The topological polar surface area (TPSA) is 18.5 Å². The van der Waals surface area contributed by atoms with Crippen molar-refractivity contribution in [1.29, 1.82) is 0 Å². The zero-order valence-corrected chi connectivity index (χ0v) is 19.7. The second-order valence-electron chi connectivity index (χ2n) is 7.22. The molecule has 4 rings (SSSR count). The average molecular weight is 574 g/mol. The summed E-state index contributed by atoms with van der Waals surface area (Å²) in [6.07, 6.45) is 9.74. The minimum atomic E-state index is 1.03. The van der Waals surface area contributed by atoms with Crippen LogP contribution in [0.2, 0.25) is 0 Å². The van der Waals surface area contributed by atoms with E-state index >= 15 is 0 Å². The summed E-state index contributed by atoms with van der Waals surface area (Å²) >= 11 is 4.88. The Labute approximate surface area is 183 Å². The number of benzene rings is 2. The number of hydrogen-bond acceptors (Lipinski definition) is 2. The van der Waals surface area contributed by atoms with Gasteiger partial charge >= 0.3 is 0 Å². The molecule has 0 saturated carbocycles. The molecule has 0 atom stereocenters. The fraction of sp³-hybridized carbons (Fsp3) is 0.455. The number of aryl methyl sites for hydroxylation is 2. The van der Waals surface area contributed by atoms with Crippen molar-refractivity contribution >= 4 is 45.2 Å². The molecule has 0 spiro atoms. The Hall–Kier alpha value is -0.500. The van der Waals surface area contributed by atoms with E-state index in [0.717, 1.165) is 24.3 Å². The van der Waals surface area contributed by atoms with Gasteiger partial charge in [-0.15, -0.1) is 0 Å². The van der Waals surface area contributed by atoms with Crippen LogP contribution in [0.4, 0.5) is 0 Å². The van der Waals surface area contributed by atoms with Crippen LogP contribution < -0.4 is 9.47 Å². The average Bonchev–Trinajstić information content (AvgIpc) is 2.66. The predicted molar refractivity (Wildman–Crippen MR) is 124 cm³/mol. The van der Waals surface area contributed by atoms with E-state index < -0.39 is 0 Å². The van der Waals surface area contributed by atoms with Crippen LogP contribution in [-0.2, 0) is 25.7 Å². The van der Waals surface area contributed by atoms with E-state index in [2.05, 4.69) is 57.3 Å². The van der Waals surface area contributed by atoms with E-state index in [1.54, 1.807) is 0 Å². The molecule has 0 radical (unpaired) electrons. The number of ether oxygens (including phenoxy) is 2. The second-order valence-corrected chi connectivity index (χ2v) is 9.55. The van der Waals surface area contributed by atoms with Gasteiger partial charge < -0.3 is 9.47 Å². The first-order valence-electron chi connectivity index (χ1n) is 9.42. The summed E-state index contributed by atoms with van der Waals surface area (Å²) in [4.78, 5) is 0. The molecule has 0 N–H and O–H groups in total. The molecule has 0 amide bonds. The lowest BCUT2D eigenvalue weighted by atomic mass is 9.80. The van der Waals surface area contributed by atoms with Crippen LogP contribution in [-0.4, -0.2) is 14.2 Å². The summed E-state index contributed by atoms with van der Waals surface area (Å²) in [5, 5.41) is 0. The van der Waals surface area contributed by atoms with Gasteiger partial charge in [0.2, 0.25) is 0 Å². The van der Waals surface area contributed by atoms with Gasteiger partial charge in [-0.3, -0.25) is 0 Å². The molecule has 0 aromatic heterocycles. The van der Waals surface area contributed by atoms with Crippen LogP contribution >= 0.6 is 45.2 Å². The molecule has 0 fully saturated rings. The number of halogens is 2. The van der Waals surface area contributed by atoms with E-state index in [4.69, 9.17) is 9.47 Å². The van der Waals surface area contributed by atoms with Crippen molar-refractivity contribution in [2.24, 2.45) is 0 Å². The molecule has 2 aromatic carbocycles. The molecule has 2 nitrogen and oxygen atoms in total. The highest BCUT2D eigenvalue weighted by atomic mass is 127. The number of rotatable bonds is 3. The van der Waals surface area contributed by atoms with E-state index in [1.807, 2.05) is 14.2 Å². The Bertz CT molecular complexity index is 787. The molecule has 2 aromatic rings. The number of methoxy groups -OCH3 is 2. The standard InChI is InChI=1S/C22H24I2O2/c1-25-21-17(23)11-13-7-3-5-9-15(13)19(21)20-16-10-6-4-8-14(16)12-18(24)22(20)26-2/h11-12H,3-10H2,1-2H3. The van der Waals surface area contributed by atoms with Crippen LogP contribution in [0.1, 0.15) is 47.9 Å². The first-order valence-corrected chi connectivity index (χ1v) is 11.6. The Kier molecular flexibility index (Phi) is 5.69. The van der Waals surface area contributed by atoms with Gasteiger partial charge in [-0.1, -0.05) is 0 Å². The fourth-order valence-corrected chi connectivity index (χ4v) is 6.36. The quantitative estimate of drug-likeness (QED) is 0.399. The molecule has 0 unspecified atom stereocenters. The highest BCUT2D eigenvalue weighted by Crippen LogP contribution is 2.49. The van der Waals surface area contributed by atoms with Crippen LogP contribution in [0.15, 0.2) is 12.1 Å². The van der Waals surface area contributed by atoms with Crippen LogP contribution in [0.5, 0.6) is 11.5 Å². The van der Waals surface area contributed by atoms with E-state index in [0.29, 0.717) is 0 Å². The maximum Gasteiger partial charge on any atom is 0.140 e. The van der Waals surface area contributed by atoms with Gasteiger partial charge in [0.05, 0.1) is 21.4 Å². The summed E-state index contributed by atoms with van der Waals surface area (Å²) in [6.45, 7) is 0. The smallest absolute Gasteiger partial charge is 0.140 e. The second kappa shape index (κ2) is 7.86. The lowest BCUT2D eigenvalue weighted by Crippen LogP contribution is -2.12. The first-order chi connectivity index (χ1) is 12.7. The van der Waals surface area contributed by atoms with Crippen LogP contribution in [0.25, 0.3) is 11.1 Å². The Morgan fingerprint density at radius 2 is 1.04 bits per heavy atom. The van der Waals surface area contributed by atoms with Gasteiger partial charge in [0.25, 0.3) is 0 Å². The highest BCUT2D eigenvalue weighted by Gasteiger charge is 2.28. The van der Waals surface area contributed by atoms with Crippen molar-refractivity contribution in [2.45, 2.75) is 51.4 Å². The molecule has 26 heavy (non-hydrogen) atoms. The fourth-order valence-electron chi connectivity index (χ4n) is 4.62. The van der Waals surface area contributed by atoms with Gasteiger partial charge in [0, 0.05) is 11.1 Å². The number of hydrogen-bond donors (Lipinski definition) is 0. The first kappa shape index (κ1) is 18.8. The zero-order chi connectivity index (χ0) is 18.3. The van der Waals surface area contributed by atoms with Crippen molar-refractivity contribution < 1.29 is 9.47 Å². The predicted octanol–water partition coefficient (Wildman–Crippen LogP) is 6.34. The van der Waals surface area contributed by atoms with Gasteiger partial charge in [-0.25, -0.2) is 0 Å². The highest BCUT2D eigenvalue weighted by molar-refractivity contribution is 14.1. The summed E-state index contributed by atoms with van der Waals surface area (Å²) in [5.41, 5.74) is 8.59. The molecule has 138 valence electrons. The van der Waals surface area contributed by atoms with Crippen molar-refractivity contribution in [1.82, 2.24) is 0 Å². The number of fused-ring (bicyclic) bond motifs is 2. The van der Waals surface area contributed by atoms with E-state index in [9.17, 15) is 0 Å². The maximum absolute atomic E-state index is 5.96. The third-order valence-electron chi connectivity index (χ3n) is 5.77. The molecule has 0 bridgehead atoms. The van der Waals surface area contributed by atoms with Gasteiger partial charge in [0.15, 0.2) is 0 Å².